The molecular formula is C34H31N5O3. The molecule has 0 radical (unpaired) electrons. The molecule has 0 aliphatic rings. The van der Waals surface area contributed by atoms with Crippen molar-refractivity contribution in [3.05, 3.63) is 114 Å². The molecule has 210 valence electrons. The first kappa shape index (κ1) is 28.1. The van der Waals surface area contributed by atoms with Gasteiger partial charge in [0.15, 0.2) is 11.5 Å². The van der Waals surface area contributed by atoms with E-state index in [0.717, 1.165) is 27.8 Å². The average Bonchev–Trinajstić information content (AvgIpc) is 3.01. The van der Waals surface area contributed by atoms with Gasteiger partial charge in [-0.3, -0.25) is 4.79 Å². The average molecular weight is 558 g/mol. The minimum absolute atomic E-state index is 0.263. The van der Waals surface area contributed by atoms with Crippen LogP contribution in [0.2, 0.25) is 0 Å². The summed E-state index contributed by atoms with van der Waals surface area (Å²) in [6, 6.07) is 28.7. The van der Waals surface area contributed by atoms with Crippen molar-refractivity contribution in [3.63, 3.8) is 0 Å². The van der Waals surface area contributed by atoms with Crippen LogP contribution in [0.1, 0.15) is 40.9 Å². The van der Waals surface area contributed by atoms with Crippen LogP contribution in [0.25, 0.3) is 10.9 Å². The first-order chi connectivity index (χ1) is 20.3. The minimum Gasteiger partial charge on any atom is -0.493 e. The Balaban J connectivity index is 1.38. The summed E-state index contributed by atoms with van der Waals surface area (Å²) in [6.07, 6.45) is 1.49. The number of nitriles is 1. The number of amides is 1. The second-order valence-electron chi connectivity index (χ2n) is 10.4. The van der Waals surface area contributed by atoms with Crippen molar-refractivity contribution >= 4 is 34.0 Å². The summed E-state index contributed by atoms with van der Waals surface area (Å²) in [7, 11) is 1.60. The molecule has 0 bridgehead atoms. The van der Waals surface area contributed by atoms with E-state index in [1.54, 1.807) is 25.3 Å². The number of anilines is 3. The quantitative estimate of drug-likeness (QED) is 0.195. The van der Waals surface area contributed by atoms with Gasteiger partial charge < -0.3 is 20.1 Å². The summed E-state index contributed by atoms with van der Waals surface area (Å²) in [5, 5.41) is 16.6. The van der Waals surface area contributed by atoms with Crippen LogP contribution in [-0.4, -0.2) is 23.0 Å². The number of rotatable bonds is 9. The molecule has 4 aromatic carbocycles. The van der Waals surface area contributed by atoms with Crippen molar-refractivity contribution < 1.29 is 14.3 Å². The molecule has 1 amide bonds. The molecule has 0 saturated carbocycles. The first-order valence-corrected chi connectivity index (χ1v) is 13.5. The Morgan fingerprint density at radius 2 is 1.76 bits per heavy atom. The Morgan fingerprint density at radius 3 is 2.52 bits per heavy atom. The molecule has 0 atom stereocenters. The lowest BCUT2D eigenvalue weighted by molar-refractivity contribution is 0.102. The molecule has 8 heteroatoms. The summed E-state index contributed by atoms with van der Waals surface area (Å²) < 4.78 is 11.7. The van der Waals surface area contributed by atoms with Gasteiger partial charge in [0.2, 0.25) is 0 Å². The van der Waals surface area contributed by atoms with Crippen LogP contribution in [0.5, 0.6) is 11.5 Å². The van der Waals surface area contributed by atoms with Crippen molar-refractivity contribution in [1.82, 2.24) is 9.97 Å². The minimum atomic E-state index is -0.699. The lowest BCUT2D eigenvalue weighted by atomic mass is 9.85. The number of carbonyl (C=O) groups excluding carboxylic acids is 1. The summed E-state index contributed by atoms with van der Waals surface area (Å²) in [4.78, 5) is 22.0. The van der Waals surface area contributed by atoms with E-state index >= 15 is 0 Å². The van der Waals surface area contributed by atoms with Gasteiger partial charge in [-0.1, -0.05) is 48.5 Å². The summed E-state index contributed by atoms with van der Waals surface area (Å²) in [5.41, 5.74) is 4.65. The van der Waals surface area contributed by atoms with Gasteiger partial charge in [0.05, 0.1) is 24.1 Å². The molecule has 0 aliphatic carbocycles. The summed E-state index contributed by atoms with van der Waals surface area (Å²) in [5.74, 6) is 1.48. The third-order valence-electron chi connectivity index (χ3n) is 7.03. The van der Waals surface area contributed by atoms with E-state index in [1.807, 2.05) is 87.5 Å². The highest BCUT2D eigenvalue weighted by atomic mass is 16.5. The van der Waals surface area contributed by atoms with Gasteiger partial charge in [-0.2, -0.15) is 5.26 Å². The van der Waals surface area contributed by atoms with E-state index in [2.05, 4.69) is 26.7 Å². The normalized spacial score (nSPS) is 11.0. The molecule has 1 heterocycles. The number of nitrogens with one attached hydrogen (secondary N) is 2. The van der Waals surface area contributed by atoms with Crippen LogP contribution in [0.15, 0.2) is 91.3 Å². The maximum absolute atomic E-state index is 13.1. The molecule has 0 unspecified atom stereocenters. The summed E-state index contributed by atoms with van der Waals surface area (Å²) >= 11 is 0. The monoisotopic (exact) mass is 557 g/mol. The van der Waals surface area contributed by atoms with Gasteiger partial charge in [0.1, 0.15) is 18.8 Å². The lowest BCUT2D eigenvalue weighted by Gasteiger charge is -2.17. The van der Waals surface area contributed by atoms with E-state index in [-0.39, 0.29) is 5.91 Å². The van der Waals surface area contributed by atoms with Crippen molar-refractivity contribution in [2.24, 2.45) is 0 Å². The van der Waals surface area contributed by atoms with Crippen LogP contribution in [0, 0.1) is 18.3 Å². The molecule has 42 heavy (non-hydrogen) atoms. The Labute approximate surface area is 245 Å². The zero-order chi connectivity index (χ0) is 29.7. The highest BCUT2D eigenvalue weighted by Crippen LogP contribution is 2.36. The van der Waals surface area contributed by atoms with E-state index < -0.39 is 5.41 Å². The molecular weight excluding hydrogens is 526 g/mol. The fraction of sp³-hybridized carbons (Fsp3) is 0.176. The fourth-order valence-electron chi connectivity index (χ4n) is 4.45. The molecule has 0 aliphatic heterocycles. The smallest absolute Gasteiger partial charge is 0.255 e. The van der Waals surface area contributed by atoms with Crippen molar-refractivity contribution in [2.45, 2.75) is 32.8 Å². The molecule has 2 N–H and O–H groups in total. The Morgan fingerprint density at radius 1 is 0.952 bits per heavy atom. The third-order valence-corrected chi connectivity index (χ3v) is 7.03. The zero-order valence-corrected chi connectivity index (χ0v) is 23.9. The topological polar surface area (TPSA) is 109 Å². The molecule has 0 saturated heterocycles. The molecule has 8 nitrogen and oxygen atoms in total. The molecule has 1 aromatic heterocycles. The first-order valence-electron chi connectivity index (χ1n) is 13.5. The standard InChI is InChI=1S/C34H31N5O3/c1-22-13-14-26(38-33(40)24-11-8-12-25(15-24)34(2,3)20-35)16-28(22)39-32-27-17-30(41-4)31(18-29(27)36-21-37-32)42-19-23-9-6-5-7-10-23/h5-18,21H,19H2,1-4H3,(H,38,40)(H,36,37,39). The second kappa shape index (κ2) is 12.0. The molecule has 5 rings (SSSR count). The molecule has 5 aromatic rings. The number of carbonyl (C=O) groups is 1. The van der Waals surface area contributed by atoms with Crippen LogP contribution in [0.3, 0.4) is 0 Å². The van der Waals surface area contributed by atoms with Gasteiger partial charge in [-0.25, -0.2) is 9.97 Å². The lowest BCUT2D eigenvalue weighted by Crippen LogP contribution is -2.17. The molecule has 0 spiro atoms. The third kappa shape index (κ3) is 6.16. The predicted molar refractivity (Wildman–Crippen MR) is 164 cm³/mol. The van der Waals surface area contributed by atoms with E-state index in [9.17, 15) is 10.1 Å². The molecule has 0 fully saturated rings. The Hall–Kier alpha value is -5.42. The van der Waals surface area contributed by atoms with Gasteiger partial charge >= 0.3 is 0 Å². The number of aryl methyl sites for hydroxylation is 1. The second-order valence-corrected chi connectivity index (χ2v) is 10.4. The summed E-state index contributed by atoms with van der Waals surface area (Å²) in [6.45, 7) is 6.03. The van der Waals surface area contributed by atoms with Crippen molar-refractivity contribution in [3.8, 4) is 17.6 Å². The van der Waals surface area contributed by atoms with Gasteiger partial charge in [0.25, 0.3) is 5.91 Å². The van der Waals surface area contributed by atoms with Crippen LogP contribution < -0.4 is 20.1 Å². The Bertz CT molecular complexity index is 1800. The Kier molecular flexibility index (Phi) is 8.02. The van der Waals surface area contributed by atoms with E-state index in [0.29, 0.717) is 40.7 Å². The fourth-order valence-corrected chi connectivity index (χ4v) is 4.45. The van der Waals surface area contributed by atoms with E-state index in [1.165, 1.54) is 6.33 Å². The number of ether oxygens (including phenoxy) is 2. The number of fused-ring (bicyclic) bond motifs is 1. The zero-order valence-electron chi connectivity index (χ0n) is 23.9. The van der Waals surface area contributed by atoms with E-state index in [4.69, 9.17) is 9.47 Å². The number of nitrogens with zero attached hydrogens (tertiary/aromatic N) is 3. The number of hydrogen-bond donors (Lipinski definition) is 2. The van der Waals surface area contributed by atoms with Crippen LogP contribution in [-0.2, 0) is 12.0 Å². The highest BCUT2D eigenvalue weighted by Gasteiger charge is 2.21. The van der Waals surface area contributed by atoms with Gasteiger partial charge in [0, 0.05) is 28.4 Å². The van der Waals surface area contributed by atoms with Crippen molar-refractivity contribution in [1.29, 1.82) is 5.26 Å². The number of hydrogen-bond acceptors (Lipinski definition) is 7. The predicted octanol–water partition coefficient (Wildman–Crippen LogP) is 7.32. The van der Waals surface area contributed by atoms with Gasteiger partial charge in [-0.15, -0.1) is 0 Å². The highest BCUT2D eigenvalue weighted by molar-refractivity contribution is 6.04. The maximum atomic E-state index is 13.1. The largest absolute Gasteiger partial charge is 0.493 e. The number of benzene rings is 4. The van der Waals surface area contributed by atoms with Crippen LogP contribution >= 0.6 is 0 Å². The van der Waals surface area contributed by atoms with Crippen LogP contribution in [0.4, 0.5) is 17.2 Å². The number of methoxy groups -OCH3 is 1. The maximum Gasteiger partial charge on any atom is 0.255 e. The SMILES string of the molecule is COc1cc2c(Nc3cc(NC(=O)c4cccc(C(C)(C)C#N)c4)ccc3C)ncnc2cc1OCc1ccccc1. The van der Waals surface area contributed by atoms with Gasteiger partial charge in [-0.05, 0) is 67.8 Å². The van der Waals surface area contributed by atoms with Crippen molar-refractivity contribution in [2.75, 3.05) is 17.7 Å². The number of aromatic nitrogens is 2.